The molecular formula is C15H16ClN3O. The van der Waals surface area contributed by atoms with E-state index in [0.29, 0.717) is 16.4 Å². The van der Waals surface area contributed by atoms with Crippen molar-refractivity contribution >= 4 is 29.0 Å². The highest BCUT2D eigenvalue weighted by Gasteiger charge is 2.12. The van der Waals surface area contributed by atoms with E-state index in [4.69, 9.17) is 11.6 Å². The average molecular weight is 290 g/mol. The first-order valence-corrected chi connectivity index (χ1v) is 6.84. The molecule has 0 saturated heterocycles. The number of aromatic nitrogens is 1. The first kappa shape index (κ1) is 14.3. The number of rotatable bonds is 5. The van der Waals surface area contributed by atoms with Gasteiger partial charge in [0.1, 0.15) is 5.82 Å². The van der Waals surface area contributed by atoms with Crippen LogP contribution in [0.2, 0.25) is 5.02 Å². The smallest absolute Gasteiger partial charge is 0.258 e. The van der Waals surface area contributed by atoms with Crippen molar-refractivity contribution in [3.63, 3.8) is 0 Å². The molecule has 0 bridgehead atoms. The lowest BCUT2D eigenvalue weighted by molar-refractivity contribution is 0.102. The number of hydrogen-bond donors (Lipinski definition) is 2. The Bertz CT molecular complexity index is 587. The highest BCUT2D eigenvalue weighted by molar-refractivity contribution is 6.31. The molecule has 1 amide bonds. The lowest BCUT2D eigenvalue weighted by Gasteiger charge is -2.12. The van der Waals surface area contributed by atoms with Gasteiger partial charge in [-0.05, 0) is 36.8 Å². The van der Waals surface area contributed by atoms with Gasteiger partial charge in [0.2, 0.25) is 0 Å². The van der Waals surface area contributed by atoms with E-state index in [-0.39, 0.29) is 5.91 Å². The van der Waals surface area contributed by atoms with Gasteiger partial charge in [-0.25, -0.2) is 4.98 Å². The van der Waals surface area contributed by atoms with E-state index in [2.05, 4.69) is 22.5 Å². The van der Waals surface area contributed by atoms with E-state index < -0.39 is 0 Å². The van der Waals surface area contributed by atoms with E-state index >= 15 is 0 Å². The van der Waals surface area contributed by atoms with Gasteiger partial charge in [0.25, 0.3) is 5.91 Å². The summed E-state index contributed by atoms with van der Waals surface area (Å²) < 4.78 is 0. The molecule has 0 atom stereocenters. The summed E-state index contributed by atoms with van der Waals surface area (Å²) in [6, 6.07) is 10.6. The van der Waals surface area contributed by atoms with Crippen molar-refractivity contribution in [3.8, 4) is 0 Å². The predicted molar refractivity (Wildman–Crippen MR) is 82.4 cm³/mol. The lowest BCUT2D eigenvalue weighted by Crippen LogP contribution is -2.15. The third kappa shape index (κ3) is 3.71. The maximum atomic E-state index is 12.3. The van der Waals surface area contributed by atoms with Crippen LogP contribution < -0.4 is 10.6 Å². The Balaban J connectivity index is 2.21. The van der Waals surface area contributed by atoms with Crippen molar-refractivity contribution in [3.05, 3.63) is 53.2 Å². The number of benzene rings is 1. The van der Waals surface area contributed by atoms with Crippen LogP contribution in [-0.2, 0) is 0 Å². The molecule has 0 unspecified atom stereocenters. The highest BCUT2D eigenvalue weighted by Crippen LogP contribution is 2.21. The van der Waals surface area contributed by atoms with Crippen LogP contribution in [0, 0.1) is 0 Å². The number of nitrogens with one attached hydrogen (secondary N) is 2. The van der Waals surface area contributed by atoms with E-state index in [1.54, 1.807) is 30.5 Å². The Morgan fingerprint density at radius 2 is 2.15 bits per heavy atom. The second-order valence-corrected chi connectivity index (χ2v) is 4.72. The zero-order valence-electron chi connectivity index (χ0n) is 11.2. The molecule has 104 valence electrons. The molecule has 1 heterocycles. The minimum atomic E-state index is -0.232. The molecule has 0 radical (unpaired) electrons. The molecule has 2 aromatic rings. The Hall–Kier alpha value is -2.07. The second-order valence-electron chi connectivity index (χ2n) is 4.29. The zero-order valence-corrected chi connectivity index (χ0v) is 11.9. The van der Waals surface area contributed by atoms with Crippen LogP contribution in [0.25, 0.3) is 0 Å². The van der Waals surface area contributed by atoms with Gasteiger partial charge in [0.15, 0.2) is 0 Å². The average Bonchev–Trinajstić information content (AvgIpc) is 2.47. The summed E-state index contributed by atoms with van der Waals surface area (Å²) in [5.74, 6) is 0.281. The van der Waals surface area contributed by atoms with Gasteiger partial charge in [0.05, 0.1) is 5.56 Å². The quantitative estimate of drug-likeness (QED) is 0.880. The summed E-state index contributed by atoms with van der Waals surface area (Å²) in [5, 5.41) is 6.50. The fraction of sp³-hybridized carbons (Fsp3) is 0.200. The van der Waals surface area contributed by atoms with Gasteiger partial charge < -0.3 is 10.6 Å². The van der Waals surface area contributed by atoms with Crippen LogP contribution in [0.4, 0.5) is 11.5 Å². The van der Waals surface area contributed by atoms with Crippen LogP contribution in [0.5, 0.6) is 0 Å². The monoisotopic (exact) mass is 289 g/mol. The molecule has 0 aliphatic rings. The molecular weight excluding hydrogens is 274 g/mol. The lowest BCUT2D eigenvalue weighted by atomic mass is 10.1. The summed E-state index contributed by atoms with van der Waals surface area (Å²) in [4.78, 5) is 16.4. The van der Waals surface area contributed by atoms with Gasteiger partial charge in [-0.2, -0.15) is 0 Å². The number of amides is 1. The van der Waals surface area contributed by atoms with E-state index in [1.807, 2.05) is 12.1 Å². The van der Waals surface area contributed by atoms with Crippen molar-refractivity contribution < 1.29 is 4.79 Å². The van der Waals surface area contributed by atoms with Crippen LogP contribution in [-0.4, -0.2) is 17.4 Å². The normalized spacial score (nSPS) is 10.1. The van der Waals surface area contributed by atoms with Gasteiger partial charge in [-0.15, -0.1) is 0 Å². The standard InChI is InChI=1S/C15H16ClN3O/c1-2-8-17-13-7-6-11(16)10-12(13)15(20)19-14-5-3-4-9-18-14/h3-7,9-10,17H,2,8H2,1H3,(H,18,19,20). The van der Waals surface area contributed by atoms with Gasteiger partial charge in [-0.3, -0.25) is 4.79 Å². The van der Waals surface area contributed by atoms with E-state index in [9.17, 15) is 4.79 Å². The molecule has 2 N–H and O–H groups in total. The fourth-order valence-corrected chi connectivity index (χ4v) is 1.91. The first-order chi connectivity index (χ1) is 9.70. The molecule has 0 aliphatic carbocycles. The molecule has 4 nitrogen and oxygen atoms in total. The van der Waals surface area contributed by atoms with Crippen LogP contribution in [0.1, 0.15) is 23.7 Å². The number of carbonyl (C=O) groups is 1. The van der Waals surface area contributed by atoms with Crippen LogP contribution in [0.3, 0.4) is 0 Å². The zero-order chi connectivity index (χ0) is 14.4. The van der Waals surface area contributed by atoms with E-state index in [0.717, 1.165) is 18.7 Å². The van der Waals surface area contributed by atoms with Crippen LogP contribution >= 0.6 is 11.6 Å². The number of carbonyl (C=O) groups excluding carboxylic acids is 1. The largest absolute Gasteiger partial charge is 0.384 e. The number of halogens is 1. The predicted octanol–water partition coefficient (Wildman–Crippen LogP) is 3.81. The molecule has 0 fully saturated rings. The summed E-state index contributed by atoms with van der Waals surface area (Å²) in [7, 11) is 0. The number of hydrogen-bond acceptors (Lipinski definition) is 3. The molecule has 2 rings (SSSR count). The molecule has 5 heteroatoms. The molecule has 20 heavy (non-hydrogen) atoms. The fourth-order valence-electron chi connectivity index (χ4n) is 1.74. The maximum Gasteiger partial charge on any atom is 0.258 e. The molecule has 0 saturated carbocycles. The van der Waals surface area contributed by atoms with Gasteiger partial charge in [-0.1, -0.05) is 24.6 Å². The Morgan fingerprint density at radius 1 is 1.30 bits per heavy atom. The first-order valence-electron chi connectivity index (χ1n) is 6.46. The minimum absolute atomic E-state index is 0.232. The molecule has 0 spiro atoms. The van der Waals surface area contributed by atoms with Crippen LogP contribution in [0.15, 0.2) is 42.6 Å². The number of nitrogens with zero attached hydrogens (tertiary/aromatic N) is 1. The van der Waals surface area contributed by atoms with Crippen molar-refractivity contribution in [2.75, 3.05) is 17.2 Å². The Labute approximate surface area is 123 Å². The topological polar surface area (TPSA) is 54.0 Å². The van der Waals surface area contributed by atoms with Gasteiger partial charge >= 0.3 is 0 Å². The molecule has 0 aliphatic heterocycles. The van der Waals surface area contributed by atoms with Crippen molar-refractivity contribution in [1.29, 1.82) is 0 Å². The number of anilines is 2. The molecule has 1 aromatic carbocycles. The third-order valence-electron chi connectivity index (χ3n) is 2.70. The minimum Gasteiger partial charge on any atom is -0.384 e. The summed E-state index contributed by atoms with van der Waals surface area (Å²) in [6.45, 7) is 2.86. The number of pyridine rings is 1. The second kappa shape index (κ2) is 6.91. The Kier molecular flexibility index (Phi) is 4.96. The summed E-state index contributed by atoms with van der Waals surface area (Å²) >= 11 is 5.97. The van der Waals surface area contributed by atoms with Crippen molar-refractivity contribution in [2.45, 2.75) is 13.3 Å². The Morgan fingerprint density at radius 3 is 2.85 bits per heavy atom. The highest BCUT2D eigenvalue weighted by atomic mass is 35.5. The third-order valence-corrected chi connectivity index (χ3v) is 2.93. The van der Waals surface area contributed by atoms with Gasteiger partial charge in [0, 0.05) is 23.5 Å². The maximum absolute atomic E-state index is 12.3. The summed E-state index contributed by atoms with van der Waals surface area (Å²) in [6.07, 6.45) is 2.60. The van der Waals surface area contributed by atoms with Crippen molar-refractivity contribution in [2.24, 2.45) is 0 Å². The van der Waals surface area contributed by atoms with Crippen molar-refractivity contribution in [1.82, 2.24) is 4.98 Å². The van der Waals surface area contributed by atoms with E-state index in [1.165, 1.54) is 0 Å². The SMILES string of the molecule is CCCNc1ccc(Cl)cc1C(=O)Nc1ccccn1. The molecule has 1 aromatic heterocycles. The summed E-state index contributed by atoms with van der Waals surface area (Å²) in [5.41, 5.74) is 1.28.